The number of H-pyrrole nitrogens is 1. The van der Waals surface area contributed by atoms with Gasteiger partial charge in [0.25, 0.3) is 11.3 Å². The summed E-state index contributed by atoms with van der Waals surface area (Å²) in [5.41, 5.74) is 4.72. The topological polar surface area (TPSA) is 63.1 Å². The Morgan fingerprint density at radius 3 is 2.57 bits per heavy atom. The first-order valence-corrected chi connectivity index (χ1v) is 10.3. The number of aromatic amines is 1. The number of hydrogen-bond donors (Lipinski definition) is 1. The third kappa shape index (κ3) is 3.84. The smallest absolute Gasteiger partial charge is 0.267 e. The molecule has 142 valence electrons. The van der Waals surface area contributed by atoms with Gasteiger partial charge in [-0.25, -0.2) is 4.98 Å². The van der Waals surface area contributed by atoms with Crippen LogP contribution in [0.2, 0.25) is 5.02 Å². The van der Waals surface area contributed by atoms with Gasteiger partial charge in [-0.1, -0.05) is 59.8 Å². The van der Waals surface area contributed by atoms with Crippen molar-refractivity contribution in [2.24, 2.45) is 0 Å². The first-order chi connectivity index (χ1) is 13.5. The van der Waals surface area contributed by atoms with Gasteiger partial charge in [-0.2, -0.15) is 9.50 Å². The summed E-state index contributed by atoms with van der Waals surface area (Å²) in [5, 5.41) is 4.45. The molecule has 7 heteroatoms. The van der Waals surface area contributed by atoms with E-state index in [-0.39, 0.29) is 5.56 Å². The zero-order valence-corrected chi connectivity index (χ0v) is 17.1. The van der Waals surface area contributed by atoms with E-state index in [2.05, 4.69) is 28.1 Å². The number of aromatic nitrogens is 4. The van der Waals surface area contributed by atoms with E-state index < -0.39 is 0 Å². The van der Waals surface area contributed by atoms with Crippen LogP contribution in [0.3, 0.4) is 0 Å². The van der Waals surface area contributed by atoms with Crippen molar-refractivity contribution >= 4 is 29.1 Å². The molecule has 2 heterocycles. The van der Waals surface area contributed by atoms with Crippen LogP contribution in [0.4, 0.5) is 0 Å². The first kappa shape index (κ1) is 18.8. The number of nitrogens with one attached hydrogen (secondary N) is 1. The molecule has 0 saturated heterocycles. The summed E-state index contributed by atoms with van der Waals surface area (Å²) in [6.07, 6.45) is 0.555. The van der Waals surface area contributed by atoms with Gasteiger partial charge in [0.2, 0.25) is 0 Å². The summed E-state index contributed by atoms with van der Waals surface area (Å²) < 4.78 is 1.44. The van der Waals surface area contributed by atoms with E-state index in [0.717, 1.165) is 22.4 Å². The van der Waals surface area contributed by atoms with Crippen molar-refractivity contribution in [3.8, 4) is 0 Å². The van der Waals surface area contributed by atoms with E-state index >= 15 is 0 Å². The SMILES string of the molecule is Cc1ccccc1Cc1c(C)nc2nc(SCc3ccc(Cl)cc3)[nH]n2c1=O. The summed E-state index contributed by atoms with van der Waals surface area (Å²) in [6, 6.07) is 15.8. The molecule has 2 aromatic carbocycles. The van der Waals surface area contributed by atoms with Crippen molar-refractivity contribution in [2.45, 2.75) is 31.2 Å². The Labute approximate surface area is 171 Å². The summed E-state index contributed by atoms with van der Waals surface area (Å²) in [6.45, 7) is 3.92. The standard InChI is InChI=1S/C21H19ClN4OS/c1-13-5-3-4-6-16(13)11-18-14(2)23-20-24-21(25-26(20)19(18)27)28-12-15-7-9-17(22)10-8-15/h3-10H,11-12H2,1-2H3,(H,23,24,25). The van der Waals surface area contributed by atoms with Gasteiger partial charge in [0.05, 0.1) is 5.69 Å². The minimum atomic E-state index is -0.100. The minimum Gasteiger partial charge on any atom is -0.267 e. The Balaban J connectivity index is 1.62. The van der Waals surface area contributed by atoms with Gasteiger partial charge in [0.1, 0.15) is 0 Å². The Morgan fingerprint density at radius 1 is 1.07 bits per heavy atom. The van der Waals surface area contributed by atoms with Crippen molar-refractivity contribution in [3.05, 3.63) is 91.9 Å². The predicted octanol–water partition coefficient (Wildman–Crippen LogP) is 4.57. The number of nitrogens with zero attached hydrogens (tertiary/aromatic N) is 3. The molecule has 4 rings (SSSR count). The van der Waals surface area contributed by atoms with Crippen LogP contribution in [0.5, 0.6) is 0 Å². The average Bonchev–Trinajstić information content (AvgIpc) is 3.09. The third-order valence-electron chi connectivity index (χ3n) is 4.69. The fourth-order valence-electron chi connectivity index (χ4n) is 3.03. The fourth-order valence-corrected chi connectivity index (χ4v) is 3.96. The zero-order valence-electron chi connectivity index (χ0n) is 15.6. The number of thioether (sulfide) groups is 1. The van der Waals surface area contributed by atoms with E-state index in [0.29, 0.717) is 33.6 Å². The third-order valence-corrected chi connectivity index (χ3v) is 5.88. The molecular formula is C21H19ClN4OS. The number of hydrogen-bond acceptors (Lipinski definition) is 4. The lowest BCUT2D eigenvalue weighted by atomic mass is 10.0. The summed E-state index contributed by atoms with van der Waals surface area (Å²) in [4.78, 5) is 22.0. The molecule has 0 fully saturated rings. The molecule has 0 amide bonds. The van der Waals surface area contributed by atoms with Crippen LogP contribution < -0.4 is 5.56 Å². The van der Waals surface area contributed by atoms with Crippen LogP contribution in [-0.2, 0) is 12.2 Å². The van der Waals surface area contributed by atoms with E-state index in [4.69, 9.17) is 11.6 Å². The zero-order chi connectivity index (χ0) is 19.7. The highest BCUT2D eigenvalue weighted by atomic mass is 35.5. The molecule has 28 heavy (non-hydrogen) atoms. The molecule has 0 radical (unpaired) electrons. The van der Waals surface area contributed by atoms with Crippen LogP contribution in [0.25, 0.3) is 5.78 Å². The molecule has 0 unspecified atom stereocenters. The van der Waals surface area contributed by atoms with Crippen molar-refractivity contribution in [1.82, 2.24) is 19.6 Å². The summed E-state index contributed by atoms with van der Waals surface area (Å²) >= 11 is 7.45. The van der Waals surface area contributed by atoms with Crippen molar-refractivity contribution in [1.29, 1.82) is 0 Å². The first-order valence-electron chi connectivity index (χ1n) is 8.91. The Morgan fingerprint density at radius 2 is 1.82 bits per heavy atom. The van der Waals surface area contributed by atoms with Gasteiger partial charge < -0.3 is 0 Å². The molecular weight excluding hydrogens is 392 g/mol. The molecule has 2 aromatic heterocycles. The van der Waals surface area contributed by atoms with E-state index in [1.807, 2.05) is 49.4 Å². The lowest BCUT2D eigenvalue weighted by Crippen LogP contribution is -2.22. The molecule has 0 atom stereocenters. The van der Waals surface area contributed by atoms with Crippen molar-refractivity contribution in [3.63, 3.8) is 0 Å². The second-order valence-electron chi connectivity index (χ2n) is 6.66. The van der Waals surface area contributed by atoms with Crippen LogP contribution in [0.15, 0.2) is 58.5 Å². The van der Waals surface area contributed by atoms with Crippen molar-refractivity contribution < 1.29 is 0 Å². The highest BCUT2D eigenvalue weighted by molar-refractivity contribution is 7.98. The molecule has 1 N–H and O–H groups in total. The molecule has 0 spiro atoms. The normalized spacial score (nSPS) is 11.2. The van der Waals surface area contributed by atoms with Crippen LogP contribution in [0, 0.1) is 13.8 Å². The molecule has 5 nitrogen and oxygen atoms in total. The second kappa shape index (κ2) is 7.81. The Kier molecular flexibility index (Phi) is 5.24. The van der Waals surface area contributed by atoms with Gasteiger partial charge in [-0.3, -0.25) is 9.89 Å². The molecule has 0 aliphatic carbocycles. The Bertz CT molecular complexity index is 1200. The van der Waals surface area contributed by atoms with Gasteiger partial charge >= 0.3 is 0 Å². The van der Waals surface area contributed by atoms with Gasteiger partial charge in [0.15, 0.2) is 5.16 Å². The van der Waals surface area contributed by atoms with Crippen molar-refractivity contribution in [2.75, 3.05) is 0 Å². The molecule has 4 aromatic rings. The van der Waals surface area contributed by atoms with E-state index in [1.54, 1.807) is 0 Å². The summed E-state index contributed by atoms with van der Waals surface area (Å²) in [7, 11) is 0. The summed E-state index contributed by atoms with van der Waals surface area (Å²) in [5.74, 6) is 1.12. The van der Waals surface area contributed by atoms with Crippen LogP contribution in [-0.4, -0.2) is 19.6 Å². The monoisotopic (exact) mass is 410 g/mol. The quantitative estimate of drug-likeness (QED) is 0.489. The van der Waals surface area contributed by atoms with Crippen LogP contribution >= 0.6 is 23.4 Å². The maximum absolute atomic E-state index is 13.0. The second-order valence-corrected chi connectivity index (χ2v) is 8.06. The van der Waals surface area contributed by atoms with Crippen LogP contribution in [0.1, 0.15) is 27.9 Å². The molecule has 0 saturated carbocycles. The van der Waals surface area contributed by atoms with Gasteiger partial charge in [-0.15, -0.1) is 0 Å². The lowest BCUT2D eigenvalue weighted by molar-refractivity contribution is 0.825. The minimum absolute atomic E-state index is 0.100. The maximum atomic E-state index is 13.0. The Hall–Kier alpha value is -2.57. The van der Waals surface area contributed by atoms with Gasteiger partial charge in [-0.05, 0) is 42.7 Å². The average molecular weight is 411 g/mol. The van der Waals surface area contributed by atoms with E-state index in [1.165, 1.54) is 16.3 Å². The highest BCUT2D eigenvalue weighted by Gasteiger charge is 2.14. The molecule has 0 bridgehead atoms. The fraction of sp³-hybridized carbons (Fsp3) is 0.190. The number of aryl methyl sites for hydroxylation is 2. The number of fused-ring (bicyclic) bond motifs is 1. The maximum Gasteiger partial charge on any atom is 0.277 e. The lowest BCUT2D eigenvalue weighted by Gasteiger charge is -2.07. The highest BCUT2D eigenvalue weighted by Crippen LogP contribution is 2.21. The molecule has 0 aliphatic rings. The largest absolute Gasteiger partial charge is 0.277 e. The number of rotatable bonds is 5. The number of benzene rings is 2. The number of halogens is 1. The van der Waals surface area contributed by atoms with Gasteiger partial charge in [0, 0.05) is 22.8 Å². The molecule has 0 aliphatic heterocycles. The van der Waals surface area contributed by atoms with E-state index in [9.17, 15) is 4.79 Å². The predicted molar refractivity (Wildman–Crippen MR) is 113 cm³/mol.